The fourth-order valence-electron chi connectivity index (χ4n) is 1.19. The molecule has 1 aromatic carbocycles. The maximum Gasteiger partial charge on any atom is 0.0857 e. The quantitative estimate of drug-likeness (QED) is 0.566. The van der Waals surface area contributed by atoms with Crippen molar-refractivity contribution in [1.82, 2.24) is 0 Å². The Morgan fingerprint density at radius 2 is 1.50 bits per heavy atom. The smallest absolute Gasteiger partial charge is 0.0857 e. The van der Waals surface area contributed by atoms with Gasteiger partial charge in [-0.25, -0.2) is 0 Å². The summed E-state index contributed by atoms with van der Waals surface area (Å²) in [6, 6.07) is 4.10. The maximum atomic E-state index is 3.99. The van der Waals surface area contributed by atoms with Crippen LogP contribution in [0.25, 0.3) is 0 Å². The highest BCUT2D eigenvalue weighted by Crippen LogP contribution is 2.21. The molecular formula is C10H14N2. The number of azo groups is 1. The SMILES string of the molecule is CN=Nc1cc(C)c(C)c(C)c1. The summed E-state index contributed by atoms with van der Waals surface area (Å²) in [6.07, 6.45) is 0. The first kappa shape index (κ1) is 8.91. The average Bonchev–Trinajstić information content (AvgIpc) is 2.01. The maximum absolute atomic E-state index is 3.99. The van der Waals surface area contributed by atoms with Crippen LogP contribution in [-0.2, 0) is 0 Å². The molecule has 0 saturated heterocycles. The lowest BCUT2D eigenvalue weighted by Crippen LogP contribution is -1.84. The van der Waals surface area contributed by atoms with Gasteiger partial charge in [0.05, 0.1) is 5.69 Å². The molecule has 0 amide bonds. The van der Waals surface area contributed by atoms with E-state index in [1.165, 1.54) is 16.7 Å². The summed E-state index contributed by atoms with van der Waals surface area (Å²) in [5.41, 5.74) is 4.83. The van der Waals surface area contributed by atoms with Gasteiger partial charge in [-0.3, -0.25) is 0 Å². The largest absolute Gasteiger partial charge is 0.192 e. The van der Waals surface area contributed by atoms with Crippen LogP contribution in [0.15, 0.2) is 22.4 Å². The molecule has 0 aliphatic carbocycles. The van der Waals surface area contributed by atoms with E-state index in [-0.39, 0.29) is 0 Å². The van der Waals surface area contributed by atoms with E-state index < -0.39 is 0 Å². The molecule has 0 unspecified atom stereocenters. The monoisotopic (exact) mass is 162 g/mol. The van der Waals surface area contributed by atoms with Crippen molar-refractivity contribution in [2.45, 2.75) is 20.8 Å². The summed E-state index contributed by atoms with van der Waals surface area (Å²) in [5, 5.41) is 7.74. The van der Waals surface area contributed by atoms with Crippen molar-refractivity contribution in [2.24, 2.45) is 10.2 Å². The van der Waals surface area contributed by atoms with E-state index >= 15 is 0 Å². The molecule has 0 aromatic heterocycles. The van der Waals surface area contributed by atoms with E-state index in [4.69, 9.17) is 0 Å². The molecule has 0 aliphatic heterocycles. The van der Waals surface area contributed by atoms with Gasteiger partial charge < -0.3 is 0 Å². The number of benzene rings is 1. The lowest BCUT2D eigenvalue weighted by atomic mass is 10.0. The topological polar surface area (TPSA) is 24.7 Å². The lowest BCUT2D eigenvalue weighted by molar-refractivity contribution is 1.15. The summed E-state index contributed by atoms with van der Waals surface area (Å²) in [4.78, 5) is 0. The second-order valence-electron chi connectivity index (χ2n) is 3.00. The molecule has 2 nitrogen and oxygen atoms in total. The number of hydrogen-bond acceptors (Lipinski definition) is 2. The van der Waals surface area contributed by atoms with Crippen molar-refractivity contribution in [3.8, 4) is 0 Å². The number of nitrogens with zero attached hydrogens (tertiary/aromatic N) is 2. The Morgan fingerprint density at radius 1 is 1.00 bits per heavy atom. The number of aryl methyl sites for hydroxylation is 2. The highest BCUT2D eigenvalue weighted by atomic mass is 15.1. The van der Waals surface area contributed by atoms with Gasteiger partial charge in [0.25, 0.3) is 0 Å². The second-order valence-corrected chi connectivity index (χ2v) is 3.00. The van der Waals surface area contributed by atoms with E-state index in [9.17, 15) is 0 Å². The summed E-state index contributed by atoms with van der Waals surface area (Å²) < 4.78 is 0. The summed E-state index contributed by atoms with van der Waals surface area (Å²) in [7, 11) is 1.69. The van der Waals surface area contributed by atoms with Crippen molar-refractivity contribution in [3.63, 3.8) is 0 Å². The zero-order valence-corrected chi connectivity index (χ0v) is 8.05. The molecule has 12 heavy (non-hydrogen) atoms. The van der Waals surface area contributed by atoms with Crippen molar-refractivity contribution in [2.75, 3.05) is 7.05 Å². The third-order valence-corrected chi connectivity index (χ3v) is 2.13. The Labute approximate surface area is 73.3 Å². The van der Waals surface area contributed by atoms with E-state index in [1.807, 2.05) is 0 Å². The van der Waals surface area contributed by atoms with Crippen LogP contribution in [0.5, 0.6) is 0 Å². The highest BCUT2D eigenvalue weighted by molar-refractivity contribution is 5.47. The van der Waals surface area contributed by atoms with Gasteiger partial charge in [-0.2, -0.15) is 10.2 Å². The van der Waals surface area contributed by atoms with Gasteiger partial charge >= 0.3 is 0 Å². The predicted octanol–water partition coefficient (Wildman–Crippen LogP) is 3.33. The average molecular weight is 162 g/mol. The minimum absolute atomic E-state index is 0.943. The van der Waals surface area contributed by atoms with Crippen LogP contribution < -0.4 is 0 Å². The first-order chi connectivity index (χ1) is 5.65. The molecule has 0 fully saturated rings. The van der Waals surface area contributed by atoms with Crippen molar-refractivity contribution in [1.29, 1.82) is 0 Å². The van der Waals surface area contributed by atoms with Gasteiger partial charge in [0.15, 0.2) is 0 Å². The Kier molecular flexibility index (Phi) is 2.58. The van der Waals surface area contributed by atoms with Crippen LogP contribution in [0.4, 0.5) is 5.69 Å². The zero-order valence-electron chi connectivity index (χ0n) is 8.05. The molecule has 64 valence electrons. The van der Waals surface area contributed by atoms with E-state index in [1.54, 1.807) is 7.05 Å². The minimum atomic E-state index is 0.943. The fourth-order valence-corrected chi connectivity index (χ4v) is 1.19. The molecule has 0 heterocycles. The Balaban J connectivity index is 3.21. The van der Waals surface area contributed by atoms with E-state index in [0.29, 0.717) is 0 Å². The molecule has 0 saturated carbocycles. The summed E-state index contributed by atoms with van der Waals surface area (Å²) in [6.45, 7) is 6.31. The normalized spacial score (nSPS) is 11.0. The predicted molar refractivity (Wildman–Crippen MR) is 51.1 cm³/mol. The summed E-state index contributed by atoms with van der Waals surface area (Å²) >= 11 is 0. The molecule has 0 N–H and O–H groups in total. The zero-order chi connectivity index (χ0) is 9.14. The Morgan fingerprint density at radius 3 is 1.92 bits per heavy atom. The number of rotatable bonds is 1. The van der Waals surface area contributed by atoms with Crippen LogP contribution in [0.2, 0.25) is 0 Å². The van der Waals surface area contributed by atoms with Gasteiger partial charge in [0.1, 0.15) is 0 Å². The molecule has 0 spiro atoms. The van der Waals surface area contributed by atoms with Gasteiger partial charge in [0, 0.05) is 7.05 Å². The number of hydrogen-bond donors (Lipinski definition) is 0. The van der Waals surface area contributed by atoms with Crippen LogP contribution in [0, 0.1) is 20.8 Å². The third kappa shape index (κ3) is 1.70. The van der Waals surface area contributed by atoms with Crippen molar-refractivity contribution >= 4 is 5.69 Å². The Bertz CT molecular complexity index is 291. The first-order valence-corrected chi connectivity index (χ1v) is 4.03. The highest BCUT2D eigenvalue weighted by Gasteiger charge is 1.98. The van der Waals surface area contributed by atoms with E-state index in [2.05, 4.69) is 43.1 Å². The van der Waals surface area contributed by atoms with E-state index in [0.717, 1.165) is 5.69 Å². The van der Waals surface area contributed by atoms with Gasteiger partial charge in [-0.05, 0) is 49.6 Å². The molecule has 0 aliphatic rings. The van der Waals surface area contributed by atoms with Crippen LogP contribution >= 0.6 is 0 Å². The molecule has 0 radical (unpaired) electrons. The first-order valence-electron chi connectivity index (χ1n) is 4.03. The van der Waals surface area contributed by atoms with Crippen LogP contribution in [-0.4, -0.2) is 7.05 Å². The van der Waals surface area contributed by atoms with Gasteiger partial charge in [-0.1, -0.05) is 0 Å². The standard InChI is InChI=1S/C10H14N2/c1-7-5-10(12-11-4)6-8(2)9(7)3/h5-6H,1-4H3. The van der Waals surface area contributed by atoms with Crippen molar-refractivity contribution < 1.29 is 0 Å². The Hall–Kier alpha value is -1.18. The van der Waals surface area contributed by atoms with Crippen LogP contribution in [0.3, 0.4) is 0 Å². The molecule has 1 rings (SSSR count). The van der Waals surface area contributed by atoms with Gasteiger partial charge in [0.2, 0.25) is 0 Å². The van der Waals surface area contributed by atoms with Crippen LogP contribution in [0.1, 0.15) is 16.7 Å². The molecular weight excluding hydrogens is 148 g/mol. The minimum Gasteiger partial charge on any atom is -0.192 e. The molecule has 2 heteroatoms. The van der Waals surface area contributed by atoms with Gasteiger partial charge in [-0.15, -0.1) is 0 Å². The molecule has 0 bridgehead atoms. The molecule has 1 aromatic rings. The lowest BCUT2D eigenvalue weighted by Gasteiger charge is -2.04. The summed E-state index contributed by atoms with van der Waals surface area (Å²) in [5.74, 6) is 0. The second kappa shape index (κ2) is 3.48. The molecule has 0 atom stereocenters. The fraction of sp³-hybridized carbons (Fsp3) is 0.400. The third-order valence-electron chi connectivity index (χ3n) is 2.13. The van der Waals surface area contributed by atoms with Crippen molar-refractivity contribution in [3.05, 3.63) is 28.8 Å².